The maximum Gasteiger partial charge on any atom is 0.323 e. The number of ether oxygens (including phenoxy) is 2. The van der Waals surface area contributed by atoms with Crippen LogP contribution in [0.25, 0.3) is 0 Å². The molecule has 0 heterocycles. The predicted octanol–water partition coefficient (Wildman–Crippen LogP) is 3.26. The van der Waals surface area contributed by atoms with E-state index in [1.165, 1.54) is 19.1 Å². The number of carbonyl (C=O) groups is 2. The van der Waals surface area contributed by atoms with Crippen LogP contribution in [0.4, 0.5) is 4.39 Å². The van der Waals surface area contributed by atoms with Crippen LogP contribution in [0.5, 0.6) is 0 Å². The molecule has 0 saturated carbocycles. The molecule has 0 N–H and O–H groups in total. The third-order valence-electron chi connectivity index (χ3n) is 3.00. The first-order valence-corrected chi connectivity index (χ1v) is 7.42. The monoisotopic (exact) mass is 360 g/mol. The van der Waals surface area contributed by atoms with Crippen molar-refractivity contribution < 1.29 is 23.5 Å². The molecule has 0 saturated heterocycles. The molecule has 0 atom stereocenters. The van der Waals surface area contributed by atoms with Gasteiger partial charge in [-0.2, -0.15) is 0 Å². The minimum Gasteiger partial charge on any atom is -0.465 e. The zero-order chi connectivity index (χ0) is 16.0. The summed E-state index contributed by atoms with van der Waals surface area (Å²) in [5.74, 6) is -1.93. The van der Waals surface area contributed by atoms with Gasteiger partial charge in [-0.05, 0) is 44.5 Å². The molecular weight excluding hydrogens is 343 g/mol. The van der Waals surface area contributed by atoms with Crippen molar-refractivity contribution in [2.45, 2.75) is 27.2 Å². The highest BCUT2D eigenvalue weighted by molar-refractivity contribution is 9.10. The van der Waals surface area contributed by atoms with Crippen molar-refractivity contribution in [3.05, 3.63) is 34.1 Å². The topological polar surface area (TPSA) is 52.6 Å². The molecule has 4 nitrogen and oxygen atoms in total. The van der Waals surface area contributed by atoms with Gasteiger partial charge in [-0.15, -0.1) is 0 Å². The second kappa shape index (κ2) is 7.54. The minimum atomic E-state index is -1.58. The second-order valence-electron chi connectivity index (χ2n) is 4.69. The van der Waals surface area contributed by atoms with Crippen molar-refractivity contribution in [3.63, 3.8) is 0 Å². The number of benzene rings is 1. The molecule has 0 radical (unpaired) electrons. The predicted molar refractivity (Wildman–Crippen MR) is 79.2 cm³/mol. The molecule has 1 aromatic carbocycles. The molecule has 0 unspecified atom stereocenters. The van der Waals surface area contributed by atoms with Crippen LogP contribution in [0.3, 0.4) is 0 Å². The SMILES string of the molecule is CCOC(=O)C(C)(Cc1cc(Br)ccc1F)C(=O)OCC. The smallest absolute Gasteiger partial charge is 0.323 e. The van der Waals surface area contributed by atoms with Crippen molar-refractivity contribution in [2.75, 3.05) is 13.2 Å². The van der Waals surface area contributed by atoms with E-state index in [-0.39, 0.29) is 25.2 Å². The van der Waals surface area contributed by atoms with E-state index in [0.717, 1.165) is 0 Å². The maximum atomic E-state index is 13.9. The molecule has 0 aliphatic heterocycles. The number of halogens is 2. The van der Waals surface area contributed by atoms with E-state index in [9.17, 15) is 14.0 Å². The van der Waals surface area contributed by atoms with Crippen molar-refractivity contribution in [2.24, 2.45) is 5.41 Å². The van der Waals surface area contributed by atoms with Gasteiger partial charge in [0.25, 0.3) is 0 Å². The molecule has 6 heteroatoms. The number of esters is 2. The van der Waals surface area contributed by atoms with Crippen molar-refractivity contribution in [3.8, 4) is 0 Å². The molecule has 0 aliphatic carbocycles. The first kappa shape index (κ1) is 17.6. The van der Waals surface area contributed by atoms with E-state index < -0.39 is 23.2 Å². The Kier molecular flexibility index (Phi) is 6.33. The highest BCUT2D eigenvalue weighted by Gasteiger charge is 2.44. The van der Waals surface area contributed by atoms with Crippen LogP contribution in [0.2, 0.25) is 0 Å². The lowest BCUT2D eigenvalue weighted by Crippen LogP contribution is -2.41. The van der Waals surface area contributed by atoms with Crippen LogP contribution >= 0.6 is 15.9 Å². The molecule has 0 aromatic heterocycles. The third kappa shape index (κ3) is 4.27. The van der Waals surface area contributed by atoms with E-state index in [4.69, 9.17) is 9.47 Å². The quantitative estimate of drug-likeness (QED) is 0.577. The molecule has 116 valence electrons. The van der Waals surface area contributed by atoms with Gasteiger partial charge >= 0.3 is 11.9 Å². The molecule has 0 amide bonds. The summed E-state index contributed by atoms with van der Waals surface area (Å²) in [5, 5.41) is 0. The average Bonchev–Trinajstić information content (AvgIpc) is 2.43. The molecular formula is C15H18BrFO4. The van der Waals surface area contributed by atoms with Gasteiger partial charge in [0, 0.05) is 10.9 Å². The summed E-state index contributed by atoms with van der Waals surface area (Å²) >= 11 is 3.24. The van der Waals surface area contributed by atoms with Crippen LogP contribution < -0.4 is 0 Å². The average molecular weight is 361 g/mol. The Hall–Kier alpha value is -1.43. The van der Waals surface area contributed by atoms with E-state index >= 15 is 0 Å². The Morgan fingerprint density at radius 1 is 1.19 bits per heavy atom. The number of hydrogen-bond donors (Lipinski definition) is 0. The second-order valence-corrected chi connectivity index (χ2v) is 5.60. The van der Waals surface area contributed by atoms with E-state index in [1.54, 1.807) is 19.9 Å². The van der Waals surface area contributed by atoms with Crippen LogP contribution in [0.15, 0.2) is 22.7 Å². The van der Waals surface area contributed by atoms with Crippen LogP contribution in [-0.4, -0.2) is 25.2 Å². The minimum absolute atomic E-state index is 0.129. The lowest BCUT2D eigenvalue weighted by atomic mass is 9.83. The van der Waals surface area contributed by atoms with E-state index in [2.05, 4.69) is 15.9 Å². The first-order valence-electron chi connectivity index (χ1n) is 6.63. The molecule has 0 fully saturated rings. The fraction of sp³-hybridized carbons (Fsp3) is 0.467. The summed E-state index contributed by atoms with van der Waals surface area (Å²) in [7, 11) is 0. The number of rotatable bonds is 6. The molecule has 1 rings (SSSR count). The van der Waals surface area contributed by atoms with Gasteiger partial charge in [0.15, 0.2) is 5.41 Å². The highest BCUT2D eigenvalue weighted by Crippen LogP contribution is 2.29. The van der Waals surface area contributed by atoms with Gasteiger partial charge in [0.1, 0.15) is 5.82 Å². The summed E-state index contributed by atoms with van der Waals surface area (Å²) in [5.41, 5.74) is -1.33. The zero-order valence-corrected chi connectivity index (χ0v) is 13.8. The molecule has 1 aromatic rings. The highest BCUT2D eigenvalue weighted by atomic mass is 79.9. The lowest BCUT2D eigenvalue weighted by molar-refractivity contribution is -0.170. The van der Waals surface area contributed by atoms with Crippen molar-refractivity contribution >= 4 is 27.9 Å². The van der Waals surface area contributed by atoms with Gasteiger partial charge in [-0.1, -0.05) is 15.9 Å². The number of hydrogen-bond acceptors (Lipinski definition) is 4. The molecule has 0 spiro atoms. The summed E-state index contributed by atoms with van der Waals surface area (Å²) in [6.45, 7) is 4.96. The fourth-order valence-electron chi connectivity index (χ4n) is 1.87. The zero-order valence-electron chi connectivity index (χ0n) is 12.2. The normalized spacial score (nSPS) is 11.1. The van der Waals surface area contributed by atoms with Gasteiger partial charge in [-0.25, -0.2) is 4.39 Å². The summed E-state index contributed by atoms with van der Waals surface area (Å²) in [4.78, 5) is 24.2. The maximum absolute atomic E-state index is 13.9. The van der Waals surface area contributed by atoms with Crippen molar-refractivity contribution in [1.29, 1.82) is 0 Å². The Morgan fingerprint density at radius 2 is 1.71 bits per heavy atom. The Bertz CT molecular complexity index is 512. The number of carbonyl (C=O) groups excluding carboxylic acids is 2. The summed E-state index contributed by atoms with van der Waals surface area (Å²) in [6.07, 6.45) is -0.129. The summed E-state index contributed by atoms with van der Waals surface area (Å²) < 4.78 is 24.4. The summed E-state index contributed by atoms with van der Waals surface area (Å²) in [6, 6.07) is 4.35. The van der Waals surface area contributed by atoms with Crippen LogP contribution in [-0.2, 0) is 25.5 Å². The Morgan fingerprint density at radius 3 is 2.19 bits per heavy atom. The van der Waals surface area contributed by atoms with Gasteiger partial charge in [0.2, 0.25) is 0 Å². The molecule has 21 heavy (non-hydrogen) atoms. The molecule has 0 bridgehead atoms. The van der Waals surface area contributed by atoms with Gasteiger partial charge in [-0.3, -0.25) is 9.59 Å². The lowest BCUT2D eigenvalue weighted by Gasteiger charge is -2.25. The first-order chi connectivity index (χ1) is 9.85. The molecule has 0 aliphatic rings. The standard InChI is InChI=1S/C15H18BrFO4/c1-4-20-13(18)15(3,14(19)21-5-2)9-10-8-11(16)6-7-12(10)17/h6-8H,4-5,9H2,1-3H3. The van der Waals surface area contributed by atoms with Gasteiger partial charge in [0.05, 0.1) is 13.2 Å². The van der Waals surface area contributed by atoms with E-state index in [1.807, 2.05) is 0 Å². The Labute approximate surface area is 131 Å². The van der Waals surface area contributed by atoms with Gasteiger partial charge < -0.3 is 9.47 Å². The Balaban J connectivity index is 3.15. The largest absolute Gasteiger partial charge is 0.465 e. The van der Waals surface area contributed by atoms with Crippen molar-refractivity contribution in [1.82, 2.24) is 0 Å². The third-order valence-corrected chi connectivity index (χ3v) is 3.50. The fourth-order valence-corrected chi connectivity index (χ4v) is 2.28. The van der Waals surface area contributed by atoms with Crippen LogP contribution in [0.1, 0.15) is 26.3 Å². The van der Waals surface area contributed by atoms with E-state index in [0.29, 0.717) is 4.47 Å². The van der Waals surface area contributed by atoms with Crippen LogP contribution in [0, 0.1) is 11.2 Å².